The number of furan rings is 1. The molecule has 18 heavy (non-hydrogen) atoms. The number of hydrogen-bond acceptors (Lipinski definition) is 3. The van der Waals surface area contributed by atoms with E-state index in [0.717, 1.165) is 31.4 Å². The summed E-state index contributed by atoms with van der Waals surface area (Å²) in [6.07, 6.45) is 8.77. The van der Waals surface area contributed by atoms with Crippen molar-refractivity contribution in [3.8, 4) is 0 Å². The van der Waals surface area contributed by atoms with Crippen molar-refractivity contribution in [3.05, 3.63) is 23.7 Å². The fourth-order valence-corrected chi connectivity index (χ4v) is 2.77. The largest absolute Gasteiger partial charge is 0.468 e. The van der Waals surface area contributed by atoms with Crippen molar-refractivity contribution in [1.29, 1.82) is 0 Å². The van der Waals surface area contributed by atoms with Crippen LogP contribution in [-0.4, -0.2) is 24.5 Å². The van der Waals surface area contributed by atoms with Crippen molar-refractivity contribution in [1.82, 2.24) is 10.2 Å². The summed E-state index contributed by atoms with van der Waals surface area (Å²) in [7, 11) is 2.22. The van der Waals surface area contributed by atoms with E-state index in [2.05, 4.69) is 30.3 Å². The van der Waals surface area contributed by atoms with Crippen molar-refractivity contribution in [2.45, 2.75) is 58.2 Å². The third-order valence-corrected chi connectivity index (χ3v) is 3.89. The van der Waals surface area contributed by atoms with E-state index in [1.165, 1.54) is 37.7 Å². The van der Waals surface area contributed by atoms with Crippen molar-refractivity contribution < 1.29 is 4.42 Å². The number of hydrogen-bond donors (Lipinski definition) is 1. The first kappa shape index (κ1) is 13.6. The molecule has 1 fully saturated rings. The van der Waals surface area contributed by atoms with Gasteiger partial charge in [-0.25, -0.2) is 0 Å². The quantitative estimate of drug-likeness (QED) is 0.840. The Morgan fingerprint density at radius 2 is 2.11 bits per heavy atom. The van der Waals surface area contributed by atoms with E-state index < -0.39 is 0 Å². The molecule has 0 aromatic carbocycles. The molecule has 1 N–H and O–H groups in total. The molecule has 0 amide bonds. The lowest BCUT2D eigenvalue weighted by Gasteiger charge is -2.30. The van der Waals surface area contributed by atoms with Gasteiger partial charge < -0.3 is 9.73 Å². The molecule has 102 valence electrons. The topological polar surface area (TPSA) is 28.4 Å². The van der Waals surface area contributed by atoms with Crippen LogP contribution in [0.2, 0.25) is 0 Å². The summed E-state index contributed by atoms with van der Waals surface area (Å²) in [5.74, 6) is 1.09. The van der Waals surface area contributed by atoms with Crippen LogP contribution in [0.1, 0.15) is 50.4 Å². The molecule has 2 rings (SSSR count). The summed E-state index contributed by atoms with van der Waals surface area (Å²) in [5, 5.41) is 3.32. The minimum absolute atomic E-state index is 0.751. The van der Waals surface area contributed by atoms with Crippen LogP contribution < -0.4 is 5.32 Å². The fourth-order valence-electron chi connectivity index (χ4n) is 2.77. The maximum Gasteiger partial charge on any atom is 0.118 e. The summed E-state index contributed by atoms with van der Waals surface area (Å²) < 4.78 is 5.64. The molecule has 0 bridgehead atoms. The van der Waals surface area contributed by atoms with Gasteiger partial charge in [-0.15, -0.1) is 0 Å². The average molecular weight is 250 g/mol. The summed E-state index contributed by atoms with van der Waals surface area (Å²) in [5.41, 5.74) is 1.25. The number of nitrogens with one attached hydrogen (secondary N) is 1. The first-order valence-electron chi connectivity index (χ1n) is 7.27. The van der Waals surface area contributed by atoms with Gasteiger partial charge >= 0.3 is 0 Å². The predicted octanol–water partition coefficient (Wildman–Crippen LogP) is 3.15. The fraction of sp³-hybridized carbons (Fsp3) is 0.733. The van der Waals surface area contributed by atoms with Crippen molar-refractivity contribution >= 4 is 0 Å². The first-order chi connectivity index (χ1) is 8.79. The SMILES string of the molecule is CCNCc1coc(CN(C)C2CCCCC2)c1. The lowest BCUT2D eigenvalue weighted by Crippen LogP contribution is -2.32. The Bertz CT molecular complexity index is 342. The second-order valence-electron chi connectivity index (χ2n) is 5.41. The summed E-state index contributed by atoms with van der Waals surface area (Å²) in [6, 6.07) is 2.93. The molecule has 0 saturated heterocycles. The maximum atomic E-state index is 5.64. The van der Waals surface area contributed by atoms with E-state index in [-0.39, 0.29) is 0 Å². The molecule has 3 nitrogen and oxygen atoms in total. The zero-order valence-corrected chi connectivity index (χ0v) is 11.7. The van der Waals surface area contributed by atoms with Gasteiger partial charge in [0.15, 0.2) is 0 Å². The molecule has 1 aliphatic rings. The molecular formula is C15H26N2O. The molecule has 1 aromatic rings. The highest BCUT2D eigenvalue weighted by Gasteiger charge is 2.18. The Morgan fingerprint density at radius 1 is 1.33 bits per heavy atom. The molecule has 0 spiro atoms. The second kappa shape index (κ2) is 6.95. The molecule has 1 heterocycles. The molecule has 0 unspecified atom stereocenters. The first-order valence-corrected chi connectivity index (χ1v) is 7.27. The Kier molecular flexibility index (Phi) is 5.26. The van der Waals surface area contributed by atoms with Crippen molar-refractivity contribution in [2.75, 3.05) is 13.6 Å². The smallest absolute Gasteiger partial charge is 0.118 e. The number of rotatable bonds is 6. The lowest BCUT2D eigenvalue weighted by atomic mass is 9.94. The summed E-state index contributed by atoms with van der Waals surface area (Å²) in [6.45, 7) is 4.98. The minimum atomic E-state index is 0.751. The molecule has 0 radical (unpaired) electrons. The summed E-state index contributed by atoms with van der Waals surface area (Å²) in [4.78, 5) is 2.45. The van der Waals surface area contributed by atoms with Gasteiger partial charge in [0.05, 0.1) is 12.8 Å². The molecule has 1 saturated carbocycles. The highest BCUT2D eigenvalue weighted by atomic mass is 16.3. The van der Waals surface area contributed by atoms with Crippen LogP contribution in [0.5, 0.6) is 0 Å². The molecule has 0 aliphatic heterocycles. The third kappa shape index (κ3) is 3.85. The minimum Gasteiger partial charge on any atom is -0.468 e. The molecule has 1 aliphatic carbocycles. The highest BCUT2D eigenvalue weighted by Crippen LogP contribution is 2.23. The van der Waals surface area contributed by atoms with E-state index in [1.54, 1.807) is 0 Å². The normalized spacial score (nSPS) is 17.5. The van der Waals surface area contributed by atoms with E-state index in [9.17, 15) is 0 Å². The van der Waals surface area contributed by atoms with Crippen molar-refractivity contribution in [2.24, 2.45) is 0 Å². The van der Waals surface area contributed by atoms with E-state index in [0.29, 0.717) is 0 Å². The van der Waals surface area contributed by atoms with Crippen LogP contribution in [0.15, 0.2) is 16.7 Å². The monoisotopic (exact) mass is 250 g/mol. The zero-order valence-electron chi connectivity index (χ0n) is 11.7. The van der Waals surface area contributed by atoms with E-state index in [4.69, 9.17) is 4.42 Å². The summed E-state index contributed by atoms with van der Waals surface area (Å²) >= 11 is 0. The lowest BCUT2D eigenvalue weighted by molar-refractivity contribution is 0.173. The zero-order chi connectivity index (χ0) is 12.8. The molecule has 0 atom stereocenters. The Hall–Kier alpha value is -0.800. The van der Waals surface area contributed by atoms with Crippen LogP contribution in [0, 0.1) is 0 Å². The van der Waals surface area contributed by atoms with Gasteiger partial charge in [-0.2, -0.15) is 0 Å². The van der Waals surface area contributed by atoms with Gasteiger partial charge in [-0.1, -0.05) is 26.2 Å². The number of nitrogens with zero attached hydrogens (tertiary/aromatic N) is 1. The van der Waals surface area contributed by atoms with Gasteiger partial charge in [0, 0.05) is 18.2 Å². The molecular weight excluding hydrogens is 224 g/mol. The van der Waals surface area contributed by atoms with Gasteiger partial charge in [0.2, 0.25) is 0 Å². The van der Waals surface area contributed by atoms with E-state index >= 15 is 0 Å². The van der Waals surface area contributed by atoms with Gasteiger partial charge in [0.25, 0.3) is 0 Å². The maximum absolute atomic E-state index is 5.64. The van der Waals surface area contributed by atoms with Crippen LogP contribution in [-0.2, 0) is 13.1 Å². The molecule has 3 heteroatoms. The average Bonchev–Trinajstić information content (AvgIpc) is 2.85. The van der Waals surface area contributed by atoms with Crippen molar-refractivity contribution in [3.63, 3.8) is 0 Å². The van der Waals surface area contributed by atoms with Gasteiger partial charge in [-0.3, -0.25) is 4.90 Å². The van der Waals surface area contributed by atoms with Gasteiger partial charge in [-0.05, 0) is 32.5 Å². The second-order valence-corrected chi connectivity index (χ2v) is 5.41. The van der Waals surface area contributed by atoms with Crippen LogP contribution in [0.3, 0.4) is 0 Å². The Balaban J connectivity index is 1.82. The Labute approximate surface area is 111 Å². The standard InChI is InChI=1S/C15H26N2O/c1-3-16-10-13-9-15(18-12-13)11-17(2)14-7-5-4-6-8-14/h9,12,14,16H,3-8,10-11H2,1-2H3. The third-order valence-electron chi connectivity index (χ3n) is 3.89. The van der Waals surface area contributed by atoms with Crippen LogP contribution >= 0.6 is 0 Å². The van der Waals surface area contributed by atoms with Gasteiger partial charge in [0.1, 0.15) is 5.76 Å². The van der Waals surface area contributed by atoms with E-state index in [1.807, 2.05) is 6.26 Å². The highest BCUT2D eigenvalue weighted by molar-refractivity contribution is 5.12. The van der Waals surface area contributed by atoms with Crippen LogP contribution in [0.25, 0.3) is 0 Å². The predicted molar refractivity (Wildman–Crippen MR) is 74.4 cm³/mol. The van der Waals surface area contributed by atoms with Crippen LogP contribution in [0.4, 0.5) is 0 Å². The Morgan fingerprint density at radius 3 is 2.83 bits per heavy atom. The molecule has 1 aromatic heterocycles.